The van der Waals surface area contributed by atoms with Crippen molar-refractivity contribution in [3.05, 3.63) is 17.5 Å². The molecule has 0 bridgehead atoms. The predicted octanol–water partition coefficient (Wildman–Crippen LogP) is 2.63. The molecule has 1 unspecified atom stereocenters. The van der Waals surface area contributed by atoms with Crippen molar-refractivity contribution in [2.75, 3.05) is 50.8 Å². The van der Waals surface area contributed by atoms with E-state index in [0.717, 1.165) is 64.5 Å². The third-order valence-corrected chi connectivity index (χ3v) is 5.39. The van der Waals surface area contributed by atoms with Gasteiger partial charge in [-0.2, -0.15) is 0 Å². The predicted molar refractivity (Wildman–Crippen MR) is 104 cm³/mol. The Balaban J connectivity index is 1.91. The van der Waals surface area contributed by atoms with Crippen LogP contribution in [0, 0.1) is 5.92 Å². The number of nitrogens with zero attached hydrogens (tertiary/aromatic N) is 3. The van der Waals surface area contributed by atoms with Gasteiger partial charge in [0.05, 0.1) is 5.00 Å². The van der Waals surface area contributed by atoms with Crippen LogP contribution in [-0.2, 0) is 0 Å². The van der Waals surface area contributed by atoms with Crippen molar-refractivity contribution >= 4 is 22.3 Å². The average Bonchev–Trinajstić information content (AvgIpc) is 3.13. The minimum atomic E-state index is 0.260. The summed E-state index contributed by atoms with van der Waals surface area (Å²) in [5, 5.41) is 16.2. The van der Waals surface area contributed by atoms with Gasteiger partial charge in [-0.1, -0.05) is 13.3 Å². The van der Waals surface area contributed by atoms with Crippen LogP contribution in [0.3, 0.4) is 0 Å². The Hall–Kier alpha value is -1.27. The van der Waals surface area contributed by atoms with E-state index in [4.69, 9.17) is 4.99 Å². The molecule has 1 aliphatic rings. The monoisotopic (exact) mass is 352 g/mol. The molecule has 136 valence electrons. The first kappa shape index (κ1) is 19.1. The lowest BCUT2D eigenvalue weighted by atomic mass is 10.0. The van der Waals surface area contributed by atoms with E-state index in [1.807, 2.05) is 11.3 Å². The van der Waals surface area contributed by atoms with E-state index in [0.29, 0.717) is 5.92 Å². The molecule has 5 nitrogen and oxygen atoms in total. The number of hydrogen-bond donors (Lipinski definition) is 2. The lowest BCUT2D eigenvalue weighted by Gasteiger charge is -2.37. The number of rotatable bonds is 8. The van der Waals surface area contributed by atoms with Crippen LogP contribution in [0.5, 0.6) is 0 Å². The Kier molecular flexibility index (Phi) is 8.39. The molecule has 1 aliphatic heterocycles. The molecule has 1 fully saturated rings. The van der Waals surface area contributed by atoms with Gasteiger partial charge in [-0.25, -0.2) is 0 Å². The van der Waals surface area contributed by atoms with Gasteiger partial charge in [0, 0.05) is 45.9 Å². The Morgan fingerprint density at radius 3 is 2.67 bits per heavy atom. The maximum atomic E-state index is 9.22. The number of aliphatic imine (C=N–C) groups is 1. The number of guanidine groups is 1. The summed E-state index contributed by atoms with van der Waals surface area (Å²) in [5.41, 5.74) is 0. The average molecular weight is 353 g/mol. The fourth-order valence-electron chi connectivity index (χ4n) is 3.15. The molecule has 24 heavy (non-hydrogen) atoms. The minimum absolute atomic E-state index is 0.260. The lowest BCUT2D eigenvalue weighted by Crippen LogP contribution is -2.52. The first-order chi connectivity index (χ1) is 11.8. The third kappa shape index (κ3) is 5.67. The van der Waals surface area contributed by atoms with E-state index in [9.17, 15) is 5.11 Å². The van der Waals surface area contributed by atoms with Gasteiger partial charge in [0.2, 0.25) is 0 Å². The van der Waals surface area contributed by atoms with Gasteiger partial charge >= 0.3 is 0 Å². The molecule has 0 aliphatic carbocycles. The number of aliphatic hydroxyl groups excluding tert-OH is 1. The highest BCUT2D eigenvalue weighted by Crippen LogP contribution is 2.22. The lowest BCUT2D eigenvalue weighted by molar-refractivity contribution is 0.253. The molecule has 0 spiro atoms. The first-order valence-corrected chi connectivity index (χ1v) is 10.1. The summed E-state index contributed by atoms with van der Waals surface area (Å²) in [4.78, 5) is 9.69. The number of aliphatic hydroxyl groups is 1. The second kappa shape index (κ2) is 10.6. The van der Waals surface area contributed by atoms with Crippen LogP contribution in [0.1, 0.15) is 33.1 Å². The van der Waals surface area contributed by atoms with Crippen molar-refractivity contribution in [3.8, 4) is 0 Å². The zero-order chi connectivity index (χ0) is 17.2. The van der Waals surface area contributed by atoms with Gasteiger partial charge in [0.1, 0.15) is 0 Å². The smallest absolute Gasteiger partial charge is 0.194 e. The highest BCUT2D eigenvalue weighted by atomic mass is 32.1. The first-order valence-electron chi connectivity index (χ1n) is 9.21. The van der Waals surface area contributed by atoms with Crippen LogP contribution in [0.4, 0.5) is 5.00 Å². The van der Waals surface area contributed by atoms with E-state index in [-0.39, 0.29) is 6.61 Å². The molecule has 0 aromatic carbocycles. The fourth-order valence-corrected chi connectivity index (χ4v) is 3.93. The second-order valence-corrected chi connectivity index (χ2v) is 7.21. The van der Waals surface area contributed by atoms with Gasteiger partial charge in [-0.15, -0.1) is 11.3 Å². The van der Waals surface area contributed by atoms with Crippen molar-refractivity contribution in [1.29, 1.82) is 0 Å². The number of piperazine rings is 1. The van der Waals surface area contributed by atoms with Crippen molar-refractivity contribution in [2.24, 2.45) is 10.9 Å². The maximum absolute atomic E-state index is 9.22. The molecular formula is C18H32N4OS. The summed E-state index contributed by atoms with van der Waals surface area (Å²) in [6.45, 7) is 10.4. The Bertz CT molecular complexity index is 463. The molecule has 1 aromatic rings. The Morgan fingerprint density at radius 2 is 2.08 bits per heavy atom. The topological polar surface area (TPSA) is 51.1 Å². The van der Waals surface area contributed by atoms with E-state index in [1.54, 1.807) is 0 Å². The van der Waals surface area contributed by atoms with Crippen molar-refractivity contribution in [2.45, 2.75) is 33.1 Å². The standard InChI is InChI=1S/C18H32N4OS/c1-3-6-16(8-13-23)15-20-18(19-4-2)22-11-9-21(10-12-22)17-7-5-14-24-17/h5,7,14,16,23H,3-4,6,8-13,15H2,1-2H3,(H,19,20). The van der Waals surface area contributed by atoms with Gasteiger partial charge in [-0.3, -0.25) is 4.99 Å². The van der Waals surface area contributed by atoms with Crippen molar-refractivity contribution in [1.82, 2.24) is 10.2 Å². The minimum Gasteiger partial charge on any atom is -0.396 e. The molecule has 0 saturated carbocycles. The Morgan fingerprint density at radius 1 is 1.29 bits per heavy atom. The third-order valence-electron chi connectivity index (χ3n) is 4.47. The zero-order valence-electron chi connectivity index (χ0n) is 15.1. The highest BCUT2D eigenvalue weighted by molar-refractivity contribution is 7.14. The Labute approximate surface area is 150 Å². The molecule has 6 heteroatoms. The van der Waals surface area contributed by atoms with Crippen LogP contribution >= 0.6 is 11.3 Å². The van der Waals surface area contributed by atoms with E-state index < -0.39 is 0 Å². The molecule has 1 aromatic heterocycles. The molecular weight excluding hydrogens is 320 g/mol. The summed E-state index contributed by atoms with van der Waals surface area (Å²) in [6.07, 6.45) is 3.13. The van der Waals surface area contributed by atoms with Crippen LogP contribution in [0.2, 0.25) is 0 Å². The summed E-state index contributed by atoms with van der Waals surface area (Å²) in [5.74, 6) is 1.52. The van der Waals surface area contributed by atoms with Gasteiger partial charge in [0.15, 0.2) is 5.96 Å². The van der Waals surface area contributed by atoms with Gasteiger partial charge in [-0.05, 0) is 43.2 Å². The largest absolute Gasteiger partial charge is 0.396 e. The maximum Gasteiger partial charge on any atom is 0.194 e. The van der Waals surface area contributed by atoms with E-state index in [1.165, 1.54) is 5.00 Å². The molecule has 2 heterocycles. The summed E-state index contributed by atoms with van der Waals surface area (Å²) >= 11 is 1.81. The van der Waals surface area contributed by atoms with Crippen molar-refractivity contribution in [3.63, 3.8) is 0 Å². The van der Waals surface area contributed by atoms with Gasteiger partial charge < -0.3 is 20.2 Å². The van der Waals surface area contributed by atoms with Gasteiger partial charge in [0.25, 0.3) is 0 Å². The second-order valence-electron chi connectivity index (χ2n) is 6.29. The molecule has 2 rings (SSSR count). The SMILES string of the molecule is CCCC(CCO)CN=C(NCC)N1CCN(c2cccs2)CC1. The van der Waals surface area contributed by atoms with E-state index in [2.05, 4.69) is 46.5 Å². The van der Waals surface area contributed by atoms with Crippen LogP contribution < -0.4 is 10.2 Å². The summed E-state index contributed by atoms with van der Waals surface area (Å²) < 4.78 is 0. The zero-order valence-corrected chi connectivity index (χ0v) is 15.9. The fraction of sp³-hybridized carbons (Fsp3) is 0.722. The van der Waals surface area contributed by atoms with Crippen LogP contribution in [-0.4, -0.2) is 61.8 Å². The summed E-state index contributed by atoms with van der Waals surface area (Å²) in [7, 11) is 0. The number of nitrogens with one attached hydrogen (secondary N) is 1. The van der Waals surface area contributed by atoms with Crippen LogP contribution in [0.25, 0.3) is 0 Å². The normalized spacial score (nSPS) is 17.2. The van der Waals surface area contributed by atoms with E-state index >= 15 is 0 Å². The molecule has 0 amide bonds. The number of thiophene rings is 1. The number of hydrogen-bond acceptors (Lipinski definition) is 4. The molecule has 1 saturated heterocycles. The van der Waals surface area contributed by atoms with Crippen LogP contribution in [0.15, 0.2) is 22.5 Å². The highest BCUT2D eigenvalue weighted by Gasteiger charge is 2.20. The summed E-state index contributed by atoms with van der Waals surface area (Å²) in [6, 6.07) is 4.32. The number of anilines is 1. The van der Waals surface area contributed by atoms with Crippen molar-refractivity contribution < 1.29 is 5.11 Å². The molecule has 2 N–H and O–H groups in total. The molecule has 1 atom stereocenters. The molecule has 0 radical (unpaired) electrons. The quantitative estimate of drug-likeness (QED) is 0.558.